The van der Waals surface area contributed by atoms with E-state index in [1.807, 2.05) is 5.10 Å². The fraction of sp³-hybridized carbons (Fsp3) is 0.0556. The lowest BCUT2D eigenvalue weighted by Crippen LogP contribution is -2.29. The van der Waals surface area contributed by atoms with E-state index in [4.69, 9.17) is 5.73 Å². The van der Waals surface area contributed by atoms with Crippen molar-refractivity contribution in [2.45, 2.75) is 6.18 Å². The third-order valence-electron chi connectivity index (χ3n) is 4.48. The van der Waals surface area contributed by atoms with Gasteiger partial charge in [0, 0.05) is 10.9 Å². The zero-order chi connectivity index (χ0) is 20.8. The maximum Gasteiger partial charge on any atom is 0.488 e. The van der Waals surface area contributed by atoms with Crippen LogP contribution in [0.2, 0.25) is 0 Å². The summed E-state index contributed by atoms with van der Waals surface area (Å²) in [6.45, 7) is 0. The second-order valence-corrected chi connectivity index (χ2v) is 6.38. The van der Waals surface area contributed by atoms with E-state index in [0.717, 1.165) is 6.07 Å². The topological polar surface area (TPSA) is 121 Å². The number of hydrogen-bond donors (Lipinski definition) is 4. The molecule has 0 aliphatic rings. The van der Waals surface area contributed by atoms with Crippen molar-refractivity contribution < 1.29 is 23.2 Å². The summed E-state index contributed by atoms with van der Waals surface area (Å²) in [7, 11) is -1.75. The number of H-pyrrole nitrogens is 1. The van der Waals surface area contributed by atoms with Gasteiger partial charge in [0.05, 0.1) is 23.1 Å². The molecule has 146 valence electrons. The molecule has 0 spiro atoms. The van der Waals surface area contributed by atoms with Crippen LogP contribution in [0.25, 0.3) is 33.3 Å². The Morgan fingerprint density at radius 3 is 2.48 bits per heavy atom. The summed E-state index contributed by atoms with van der Waals surface area (Å²) in [5, 5.41) is 33.3. The lowest BCUT2D eigenvalue weighted by Gasteiger charge is -2.12. The van der Waals surface area contributed by atoms with Crippen LogP contribution in [-0.2, 0) is 6.18 Å². The molecule has 0 amide bonds. The predicted octanol–water partition coefficient (Wildman–Crippen LogP) is 1.97. The number of halogens is 3. The third kappa shape index (κ3) is 3.53. The Balaban J connectivity index is 1.91. The highest BCUT2D eigenvalue weighted by Crippen LogP contribution is 2.35. The minimum absolute atomic E-state index is 0.0602. The van der Waals surface area contributed by atoms with Crippen molar-refractivity contribution >= 4 is 29.2 Å². The molecule has 29 heavy (non-hydrogen) atoms. The molecular formula is C18H13BF3N5O2. The molecule has 2 aromatic heterocycles. The fourth-order valence-electron chi connectivity index (χ4n) is 3.04. The number of rotatable bonds is 3. The Bertz CT molecular complexity index is 1210. The largest absolute Gasteiger partial charge is 0.488 e. The van der Waals surface area contributed by atoms with E-state index in [-0.39, 0.29) is 11.2 Å². The standard InChI is InChI=1S/C18H13BF3N5O2/c20-18(21,22)17-7-16(26-27-17)11-4-2-10(19(28)29)6-13(11)9-1-3-12-14(23)8-24-25-15(12)5-9/h1-8,28-29H,(H2,23,25)(H,26,27). The van der Waals surface area contributed by atoms with Crippen molar-refractivity contribution in [3.8, 4) is 22.4 Å². The van der Waals surface area contributed by atoms with Crippen LogP contribution in [0, 0.1) is 0 Å². The number of nitrogen functional groups attached to an aromatic ring is 1. The van der Waals surface area contributed by atoms with Crippen LogP contribution < -0.4 is 11.2 Å². The molecule has 4 aromatic rings. The number of benzene rings is 2. The molecule has 0 unspecified atom stereocenters. The van der Waals surface area contributed by atoms with Gasteiger partial charge in [-0.25, -0.2) is 0 Å². The molecule has 11 heteroatoms. The summed E-state index contributed by atoms with van der Waals surface area (Å²) in [6, 6.07) is 10.4. The van der Waals surface area contributed by atoms with Crippen LogP contribution in [0.3, 0.4) is 0 Å². The first-order chi connectivity index (χ1) is 13.7. The average molecular weight is 399 g/mol. The molecule has 0 aliphatic heterocycles. The molecule has 5 N–H and O–H groups in total. The van der Waals surface area contributed by atoms with E-state index in [0.29, 0.717) is 33.3 Å². The minimum Gasteiger partial charge on any atom is -0.423 e. The number of nitrogens with one attached hydrogen (secondary N) is 1. The lowest BCUT2D eigenvalue weighted by atomic mass is 9.78. The Morgan fingerprint density at radius 1 is 1.00 bits per heavy atom. The van der Waals surface area contributed by atoms with Crippen molar-refractivity contribution in [3.63, 3.8) is 0 Å². The lowest BCUT2D eigenvalue weighted by molar-refractivity contribution is -0.141. The Kier molecular flexibility index (Phi) is 4.48. The molecule has 0 bridgehead atoms. The van der Waals surface area contributed by atoms with E-state index in [2.05, 4.69) is 15.3 Å². The zero-order valence-corrected chi connectivity index (χ0v) is 14.6. The van der Waals surface area contributed by atoms with Crippen molar-refractivity contribution in [1.82, 2.24) is 20.4 Å². The van der Waals surface area contributed by atoms with Crippen LogP contribution in [0.5, 0.6) is 0 Å². The van der Waals surface area contributed by atoms with Gasteiger partial charge in [-0.15, -0.1) is 0 Å². The number of nitrogens with zero attached hydrogens (tertiary/aromatic N) is 3. The van der Waals surface area contributed by atoms with Crippen LogP contribution in [0.15, 0.2) is 48.7 Å². The molecule has 2 aromatic carbocycles. The quantitative estimate of drug-likeness (QED) is 0.391. The van der Waals surface area contributed by atoms with Crippen molar-refractivity contribution in [2.24, 2.45) is 0 Å². The van der Waals surface area contributed by atoms with E-state index < -0.39 is 19.0 Å². The highest BCUT2D eigenvalue weighted by molar-refractivity contribution is 6.58. The van der Waals surface area contributed by atoms with Gasteiger partial charge in [0.1, 0.15) is 5.69 Å². The molecule has 0 atom stereocenters. The van der Waals surface area contributed by atoms with Crippen LogP contribution in [0.4, 0.5) is 18.9 Å². The van der Waals surface area contributed by atoms with Gasteiger partial charge in [-0.2, -0.15) is 28.5 Å². The smallest absolute Gasteiger partial charge is 0.423 e. The van der Waals surface area contributed by atoms with Gasteiger partial charge < -0.3 is 15.8 Å². The molecule has 4 rings (SSSR count). The maximum atomic E-state index is 13.0. The first-order valence-electron chi connectivity index (χ1n) is 8.38. The van der Waals surface area contributed by atoms with Crippen LogP contribution in [-0.4, -0.2) is 37.6 Å². The van der Waals surface area contributed by atoms with Gasteiger partial charge in [-0.3, -0.25) is 5.10 Å². The Labute approximate surface area is 162 Å². The maximum absolute atomic E-state index is 13.0. The number of alkyl halides is 3. The van der Waals surface area contributed by atoms with Crippen LogP contribution >= 0.6 is 0 Å². The van der Waals surface area contributed by atoms with E-state index >= 15 is 0 Å². The highest BCUT2D eigenvalue weighted by Gasteiger charge is 2.33. The summed E-state index contributed by atoms with van der Waals surface area (Å²) < 4.78 is 38.9. The monoisotopic (exact) mass is 399 g/mol. The summed E-state index contributed by atoms with van der Waals surface area (Å²) in [6.07, 6.45) is -3.15. The van der Waals surface area contributed by atoms with Gasteiger partial charge in [0.2, 0.25) is 0 Å². The number of nitrogens with two attached hydrogens (primary N) is 1. The molecule has 2 heterocycles. The van der Waals surface area contributed by atoms with E-state index in [9.17, 15) is 23.2 Å². The second-order valence-electron chi connectivity index (χ2n) is 6.38. The third-order valence-corrected chi connectivity index (χ3v) is 4.48. The second kappa shape index (κ2) is 6.87. The number of anilines is 1. The van der Waals surface area contributed by atoms with Gasteiger partial charge in [0.25, 0.3) is 0 Å². The highest BCUT2D eigenvalue weighted by atomic mass is 19.4. The van der Waals surface area contributed by atoms with Crippen molar-refractivity contribution in [2.75, 3.05) is 5.73 Å². The molecule has 0 radical (unpaired) electrons. The first kappa shape index (κ1) is 18.9. The summed E-state index contributed by atoms with van der Waals surface area (Å²) in [5.74, 6) is 0. The molecule has 0 saturated heterocycles. The zero-order valence-electron chi connectivity index (χ0n) is 14.6. The number of aromatic amines is 1. The SMILES string of the molecule is Nc1cnnc2cc(-c3cc(B(O)O)ccc3-c3cc(C(F)(F)F)[nH]n3)ccc12. The Hall–Kier alpha value is -3.44. The number of aromatic nitrogens is 4. The Morgan fingerprint density at radius 2 is 1.79 bits per heavy atom. The molecule has 7 nitrogen and oxygen atoms in total. The van der Waals surface area contributed by atoms with Gasteiger partial charge in [0.15, 0.2) is 0 Å². The minimum atomic E-state index is -4.57. The fourth-order valence-corrected chi connectivity index (χ4v) is 3.04. The number of fused-ring (bicyclic) bond motifs is 1. The first-order valence-corrected chi connectivity index (χ1v) is 8.38. The van der Waals surface area contributed by atoms with E-state index in [1.165, 1.54) is 24.4 Å². The van der Waals surface area contributed by atoms with E-state index in [1.54, 1.807) is 18.2 Å². The normalized spacial score (nSPS) is 11.8. The van der Waals surface area contributed by atoms with Crippen molar-refractivity contribution in [3.05, 3.63) is 54.4 Å². The van der Waals surface area contributed by atoms with Gasteiger partial charge in [-0.05, 0) is 34.8 Å². The van der Waals surface area contributed by atoms with Gasteiger partial charge >= 0.3 is 13.3 Å². The summed E-state index contributed by atoms with van der Waals surface area (Å²) in [4.78, 5) is 0. The van der Waals surface area contributed by atoms with Crippen LogP contribution in [0.1, 0.15) is 5.69 Å². The van der Waals surface area contributed by atoms with Gasteiger partial charge in [-0.1, -0.05) is 24.3 Å². The predicted molar refractivity (Wildman–Crippen MR) is 102 cm³/mol. The average Bonchev–Trinajstić information content (AvgIpc) is 3.18. The summed E-state index contributed by atoms with van der Waals surface area (Å²) >= 11 is 0. The van der Waals surface area contributed by atoms with Crippen molar-refractivity contribution in [1.29, 1.82) is 0 Å². The number of hydrogen-bond acceptors (Lipinski definition) is 6. The molecule has 0 saturated carbocycles. The summed E-state index contributed by atoms with van der Waals surface area (Å²) in [5.41, 5.74) is 7.45. The molecule has 0 aliphatic carbocycles. The molecule has 0 fully saturated rings. The molecular weight excluding hydrogens is 386 g/mol.